The predicted octanol–water partition coefficient (Wildman–Crippen LogP) is 1.09. The van der Waals surface area contributed by atoms with Crippen LogP contribution in [-0.4, -0.2) is 41.2 Å². The number of hydrogen-bond donors (Lipinski definition) is 0. The van der Waals surface area contributed by atoms with E-state index in [4.69, 9.17) is 4.74 Å². The molecule has 2 heterocycles. The van der Waals surface area contributed by atoms with Gasteiger partial charge in [0.05, 0.1) is 5.37 Å². The topological polar surface area (TPSA) is 29.5 Å². The van der Waals surface area contributed by atoms with Crippen LogP contribution >= 0.6 is 11.8 Å². The van der Waals surface area contributed by atoms with Gasteiger partial charge in [0.25, 0.3) is 5.91 Å². The molecule has 2 atom stereocenters. The average Bonchev–Trinajstić information content (AvgIpc) is 2.72. The quantitative estimate of drug-likeness (QED) is 0.636. The molecule has 0 spiro atoms. The first-order valence-electron chi connectivity index (χ1n) is 4.83. The standard InChI is InChI=1S/C9H15NO2S/c1-7-10(4-6-13-7)9(11)8-3-2-5-12-8/h7-8H,2-6H2,1H3. The van der Waals surface area contributed by atoms with Gasteiger partial charge < -0.3 is 9.64 Å². The van der Waals surface area contributed by atoms with Crippen LogP contribution in [0.1, 0.15) is 19.8 Å². The molecule has 0 bridgehead atoms. The van der Waals surface area contributed by atoms with Crippen LogP contribution in [0.25, 0.3) is 0 Å². The van der Waals surface area contributed by atoms with Gasteiger partial charge in [0.15, 0.2) is 0 Å². The number of rotatable bonds is 1. The highest BCUT2D eigenvalue weighted by Gasteiger charge is 2.33. The summed E-state index contributed by atoms with van der Waals surface area (Å²) < 4.78 is 5.38. The van der Waals surface area contributed by atoms with Crippen molar-refractivity contribution in [1.82, 2.24) is 4.90 Å². The normalized spacial score (nSPS) is 34.1. The highest BCUT2D eigenvalue weighted by atomic mass is 32.2. The zero-order chi connectivity index (χ0) is 9.26. The van der Waals surface area contributed by atoms with Crippen molar-refractivity contribution in [2.24, 2.45) is 0 Å². The number of carbonyl (C=O) groups is 1. The van der Waals surface area contributed by atoms with E-state index in [1.807, 2.05) is 16.7 Å². The van der Waals surface area contributed by atoms with Gasteiger partial charge >= 0.3 is 0 Å². The number of nitrogens with zero attached hydrogens (tertiary/aromatic N) is 1. The van der Waals surface area contributed by atoms with E-state index in [2.05, 4.69) is 6.92 Å². The minimum Gasteiger partial charge on any atom is -0.368 e. The summed E-state index contributed by atoms with van der Waals surface area (Å²) in [6.07, 6.45) is 1.81. The fourth-order valence-corrected chi connectivity index (χ4v) is 2.87. The lowest BCUT2D eigenvalue weighted by atomic mass is 10.2. The van der Waals surface area contributed by atoms with Crippen molar-refractivity contribution < 1.29 is 9.53 Å². The second-order valence-corrected chi connectivity index (χ2v) is 4.93. The molecule has 0 aliphatic carbocycles. The fraction of sp³-hybridized carbons (Fsp3) is 0.889. The van der Waals surface area contributed by atoms with Gasteiger partial charge in [0, 0.05) is 18.9 Å². The second kappa shape index (κ2) is 3.88. The van der Waals surface area contributed by atoms with Gasteiger partial charge in [-0.25, -0.2) is 0 Å². The molecule has 0 aromatic heterocycles. The van der Waals surface area contributed by atoms with E-state index in [1.165, 1.54) is 0 Å². The van der Waals surface area contributed by atoms with E-state index >= 15 is 0 Å². The van der Waals surface area contributed by atoms with Crippen molar-refractivity contribution in [2.75, 3.05) is 18.9 Å². The summed E-state index contributed by atoms with van der Waals surface area (Å²) in [5.74, 6) is 1.27. The maximum atomic E-state index is 11.8. The highest BCUT2D eigenvalue weighted by molar-refractivity contribution is 8.00. The highest BCUT2D eigenvalue weighted by Crippen LogP contribution is 2.25. The lowest BCUT2D eigenvalue weighted by molar-refractivity contribution is -0.140. The number of ether oxygens (including phenoxy) is 1. The van der Waals surface area contributed by atoms with Gasteiger partial charge in [-0.05, 0) is 19.8 Å². The molecule has 0 aromatic carbocycles. The van der Waals surface area contributed by atoms with E-state index in [9.17, 15) is 4.79 Å². The molecule has 74 valence electrons. The number of hydrogen-bond acceptors (Lipinski definition) is 3. The molecule has 3 nitrogen and oxygen atoms in total. The third kappa shape index (κ3) is 1.83. The molecule has 2 unspecified atom stereocenters. The van der Waals surface area contributed by atoms with E-state index in [-0.39, 0.29) is 12.0 Å². The van der Waals surface area contributed by atoms with Crippen molar-refractivity contribution in [1.29, 1.82) is 0 Å². The molecule has 0 aromatic rings. The van der Waals surface area contributed by atoms with Crippen LogP contribution in [0.15, 0.2) is 0 Å². The summed E-state index contributed by atoms with van der Waals surface area (Å²) in [5.41, 5.74) is 0. The molecule has 2 rings (SSSR count). The first-order valence-corrected chi connectivity index (χ1v) is 5.87. The van der Waals surface area contributed by atoms with Gasteiger partial charge in [-0.1, -0.05) is 0 Å². The van der Waals surface area contributed by atoms with Gasteiger partial charge in [-0.2, -0.15) is 0 Å². The van der Waals surface area contributed by atoms with Crippen LogP contribution in [0.2, 0.25) is 0 Å². The van der Waals surface area contributed by atoms with E-state index in [0.29, 0.717) is 5.37 Å². The lowest BCUT2D eigenvalue weighted by Gasteiger charge is -2.23. The zero-order valence-electron chi connectivity index (χ0n) is 7.86. The van der Waals surface area contributed by atoms with Gasteiger partial charge in [-0.15, -0.1) is 11.8 Å². The van der Waals surface area contributed by atoms with Crippen LogP contribution in [0.3, 0.4) is 0 Å². The molecule has 0 saturated carbocycles. The molecule has 0 radical (unpaired) electrons. The molecule has 4 heteroatoms. The van der Waals surface area contributed by atoms with E-state index in [1.54, 1.807) is 0 Å². The van der Waals surface area contributed by atoms with Crippen molar-refractivity contribution >= 4 is 17.7 Å². The Morgan fingerprint density at radius 3 is 3.00 bits per heavy atom. The van der Waals surface area contributed by atoms with Gasteiger partial charge in [-0.3, -0.25) is 4.79 Å². The summed E-state index contributed by atoms with van der Waals surface area (Å²) in [6, 6.07) is 0. The predicted molar refractivity (Wildman–Crippen MR) is 52.6 cm³/mol. The molecule has 2 aliphatic heterocycles. The summed E-state index contributed by atoms with van der Waals surface area (Å²) >= 11 is 1.84. The van der Waals surface area contributed by atoms with Gasteiger partial charge in [0.2, 0.25) is 0 Å². The van der Waals surface area contributed by atoms with Crippen LogP contribution in [0.4, 0.5) is 0 Å². The lowest BCUT2D eigenvalue weighted by Crippen LogP contribution is -2.40. The van der Waals surface area contributed by atoms with Crippen molar-refractivity contribution in [3.05, 3.63) is 0 Å². The maximum absolute atomic E-state index is 11.8. The summed E-state index contributed by atoms with van der Waals surface area (Å²) in [6.45, 7) is 3.74. The molecule has 1 amide bonds. The van der Waals surface area contributed by atoms with Gasteiger partial charge in [0.1, 0.15) is 6.10 Å². The average molecular weight is 201 g/mol. The number of amides is 1. The third-order valence-electron chi connectivity index (χ3n) is 2.62. The van der Waals surface area contributed by atoms with Crippen molar-refractivity contribution in [3.63, 3.8) is 0 Å². The number of carbonyl (C=O) groups excluding carboxylic acids is 1. The smallest absolute Gasteiger partial charge is 0.252 e. The van der Waals surface area contributed by atoms with Crippen molar-refractivity contribution in [2.45, 2.75) is 31.2 Å². The molecule has 2 fully saturated rings. The SMILES string of the molecule is CC1SCCN1C(=O)C1CCCO1. The fourth-order valence-electron chi connectivity index (χ4n) is 1.84. The zero-order valence-corrected chi connectivity index (χ0v) is 8.68. The molecule has 0 N–H and O–H groups in total. The summed E-state index contributed by atoms with van der Waals surface area (Å²) in [5, 5.41) is 0.344. The Hall–Kier alpha value is -0.220. The Kier molecular flexibility index (Phi) is 2.79. The maximum Gasteiger partial charge on any atom is 0.252 e. The summed E-state index contributed by atoms with van der Waals surface area (Å²) in [4.78, 5) is 13.8. The Morgan fingerprint density at radius 2 is 2.46 bits per heavy atom. The monoisotopic (exact) mass is 201 g/mol. The molecular formula is C9H15NO2S. The van der Waals surface area contributed by atoms with E-state index < -0.39 is 0 Å². The Morgan fingerprint density at radius 1 is 1.62 bits per heavy atom. The Bertz CT molecular complexity index is 204. The molecule has 13 heavy (non-hydrogen) atoms. The van der Waals surface area contributed by atoms with Crippen LogP contribution < -0.4 is 0 Å². The van der Waals surface area contributed by atoms with E-state index in [0.717, 1.165) is 31.7 Å². The molecular weight excluding hydrogens is 186 g/mol. The Labute approximate surface area is 82.8 Å². The number of thioether (sulfide) groups is 1. The van der Waals surface area contributed by atoms with Crippen LogP contribution in [-0.2, 0) is 9.53 Å². The minimum atomic E-state index is -0.138. The Balaban J connectivity index is 1.95. The first kappa shape index (κ1) is 9.34. The minimum absolute atomic E-state index is 0.138. The van der Waals surface area contributed by atoms with Crippen LogP contribution in [0.5, 0.6) is 0 Å². The molecule has 2 aliphatic rings. The van der Waals surface area contributed by atoms with Crippen LogP contribution in [0, 0.1) is 0 Å². The second-order valence-electron chi connectivity index (χ2n) is 3.50. The largest absolute Gasteiger partial charge is 0.368 e. The molecule has 2 saturated heterocycles. The third-order valence-corrected chi connectivity index (χ3v) is 3.77. The summed E-state index contributed by atoms with van der Waals surface area (Å²) in [7, 11) is 0. The van der Waals surface area contributed by atoms with Crippen molar-refractivity contribution in [3.8, 4) is 0 Å². The first-order chi connectivity index (χ1) is 6.29.